The molecule has 1 amide bonds. The Morgan fingerprint density at radius 1 is 1.13 bits per heavy atom. The Hall–Kier alpha value is -3.56. The monoisotopic (exact) mass is 420 g/mol. The van der Waals surface area contributed by atoms with Crippen LogP contribution in [-0.2, 0) is 17.3 Å². The number of alkyl carbamates (subject to hydrolysis) is 1. The lowest BCUT2D eigenvalue weighted by Crippen LogP contribution is -2.33. The smallest absolute Gasteiger partial charge is 0.416 e. The van der Waals surface area contributed by atoms with Gasteiger partial charge in [-0.15, -0.1) is 10.2 Å². The number of halogens is 3. The van der Waals surface area contributed by atoms with Gasteiger partial charge in [-0.1, -0.05) is 12.1 Å². The van der Waals surface area contributed by atoms with Crippen molar-refractivity contribution in [1.29, 1.82) is 0 Å². The number of alkyl halides is 3. The van der Waals surface area contributed by atoms with E-state index in [1.165, 1.54) is 19.2 Å². The van der Waals surface area contributed by atoms with E-state index < -0.39 is 17.8 Å². The van der Waals surface area contributed by atoms with Crippen molar-refractivity contribution in [2.75, 3.05) is 12.4 Å². The molecule has 30 heavy (non-hydrogen) atoms. The summed E-state index contributed by atoms with van der Waals surface area (Å²) < 4.78 is 48.4. The lowest BCUT2D eigenvalue weighted by atomic mass is 10.1. The molecule has 7 nitrogen and oxygen atoms in total. The molecule has 1 unspecified atom stereocenters. The number of anilines is 2. The van der Waals surface area contributed by atoms with Crippen molar-refractivity contribution in [2.45, 2.75) is 25.6 Å². The number of methoxy groups -OCH3 is 1. The number of ether oxygens (including phenoxy) is 1. The molecule has 1 aromatic heterocycles. The van der Waals surface area contributed by atoms with Gasteiger partial charge in [0.05, 0.1) is 23.9 Å². The summed E-state index contributed by atoms with van der Waals surface area (Å²) >= 11 is 0. The molecule has 0 aliphatic heterocycles. The molecule has 0 spiro atoms. The molecule has 3 aromatic rings. The van der Waals surface area contributed by atoms with Crippen molar-refractivity contribution >= 4 is 17.5 Å². The van der Waals surface area contributed by atoms with Gasteiger partial charge in [-0.3, -0.25) is 0 Å². The fourth-order valence-corrected chi connectivity index (χ4v) is 2.69. The molecule has 1 heterocycles. The molecule has 0 radical (unpaired) electrons. The molecule has 2 aromatic carbocycles. The van der Waals surface area contributed by atoms with Crippen LogP contribution in [0.15, 0.2) is 52.9 Å². The lowest BCUT2D eigenvalue weighted by molar-refractivity contribution is -0.137. The van der Waals surface area contributed by atoms with Crippen molar-refractivity contribution in [3.63, 3.8) is 0 Å². The fourth-order valence-electron chi connectivity index (χ4n) is 2.69. The molecule has 0 bridgehead atoms. The van der Waals surface area contributed by atoms with Crippen molar-refractivity contribution in [3.05, 3.63) is 60.0 Å². The van der Waals surface area contributed by atoms with Crippen LogP contribution in [0.25, 0.3) is 11.5 Å². The summed E-state index contributed by atoms with van der Waals surface area (Å²) in [6, 6.07) is 11.5. The van der Waals surface area contributed by atoms with Crippen molar-refractivity contribution < 1.29 is 27.1 Å². The Balaban J connectivity index is 1.76. The van der Waals surface area contributed by atoms with Crippen LogP contribution < -0.4 is 10.6 Å². The minimum atomic E-state index is -4.39. The number of aromatic nitrogens is 2. The van der Waals surface area contributed by atoms with Crippen LogP contribution >= 0.6 is 0 Å². The predicted octanol–water partition coefficient (Wildman–Crippen LogP) is 4.79. The van der Waals surface area contributed by atoms with E-state index >= 15 is 0 Å². The van der Waals surface area contributed by atoms with Crippen molar-refractivity contribution in [2.24, 2.45) is 0 Å². The zero-order chi connectivity index (χ0) is 21.7. The zero-order valence-electron chi connectivity index (χ0n) is 16.2. The van der Waals surface area contributed by atoms with Crippen LogP contribution in [-0.4, -0.2) is 29.4 Å². The molecule has 0 fully saturated rings. The lowest BCUT2D eigenvalue weighted by Gasteiger charge is -2.12. The highest BCUT2D eigenvalue weighted by Crippen LogP contribution is 2.32. The summed E-state index contributed by atoms with van der Waals surface area (Å²) in [5.74, 6) is 0.559. The first-order valence-electron chi connectivity index (χ1n) is 8.97. The van der Waals surface area contributed by atoms with Gasteiger partial charge in [0.2, 0.25) is 11.8 Å². The number of rotatable bonds is 6. The summed E-state index contributed by atoms with van der Waals surface area (Å²) in [6.07, 6.45) is -4.65. The Morgan fingerprint density at radius 3 is 2.50 bits per heavy atom. The van der Waals surface area contributed by atoms with E-state index in [1.807, 2.05) is 0 Å². The fraction of sp³-hybridized carbons (Fsp3) is 0.250. The molecule has 3 rings (SSSR count). The van der Waals surface area contributed by atoms with Gasteiger partial charge < -0.3 is 19.8 Å². The maximum absolute atomic E-state index is 12.7. The minimum absolute atomic E-state index is 0.241. The molecule has 0 aliphatic carbocycles. The number of carbonyl (C=O) groups excluding carboxylic acids is 1. The highest BCUT2D eigenvalue weighted by Gasteiger charge is 2.30. The number of nitrogens with one attached hydrogen (secondary N) is 2. The van der Waals surface area contributed by atoms with E-state index in [2.05, 4.69) is 25.6 Å². The quantitative estimate of drug-likeness (QED) is 0.596. The highest BCUT2D eigenvalue weighted by atomic mass is 19.4. The van der Waals surface area contributed by atoms with Gasteiger partial charge in [-0.2, -0.15) is 13.2 Å². The summed E-state index contributed by atoms with van der Waals surface area (Å²) in [5, 5.41) is 13.7. The van der Waals surface area contributed by atoms with Gasteiger partial charge >= 0.3 is 12.3 Å². The Labute approximate surface area is 170 Å². The number of benzene rings is 2. The second kappa shape index (κ2) is 8.85. The molecular weight excluding hydrogens is 401 g/mol. The molecule has 10 heteroatoms. The standard InChI is InChI=1S/C20H19F3N4O3/c1-12(24-19(28)29-2)11-17-26-27-18(30-17)15-5-3-4-6-16(15)25-14-9-7-13(8-10-14)20(21,22)23/h3-10,12,25H,11H2,1-2H3,(H,24,28). The molecule has 0 saturated heterocycles. The largest absolute Gasteiger partial charge is 0.453 e. The first-order chi connectivity index (χ1) is 14.3. The third-order valence-corrected chi connectivity index (χ3v) is 4.15. The van der Waals surface area contributed by atoms with Crippen LogP contribution in [0.1, 0.15) is 18.4 Å². The summed E-state index contributed by atoms with van der Waals surface area (Å²) in [7, 11) is 1.27. The normalized spacial score (nSPS) is 12.3. The molecule has 0 saturated carbocycles. The van der Waals surface area contributed by atoms with Gasteiger partial charge in [0.1, 0.15) is 0 Å². The van der Waals surface area contributed by atoms with E-state index in [9.17, 15) is 18.0 Å². The van der Waals surface area contributed by atoms with E-state index in [1.54, 1.807) is 31.2 Å². The second-order valence-corrected chi connectivity index (χ2v) is 6.49. The SMILES string of the molecule is COC(=O)NC(C)Cc1nnc(-c2ccccc2Nc2ccc(C(F)(F)F)cc2)o1. The summed E-state index contributed by atoms with van der Waals surface area (Å²) in [6.45, 7) is 1.76. The van der Waals surface area contributed by atoms with Crippen LogP contribution in [0, 0.1) is 0 Å². The molecule has 1 atom stereocenters. The Morgan fingerprint density at radius 2 is 1.83 bits per heavy atom. The Bertz CT molecular complexity index is 1000. The molecule has 0 aliphatic rings. The van der Waals surface area contributed by atoms with Crippen LogP contribution in [0.3, 0.4) is 0 Å². The minimum Gasteiger partial charge on any atom is -0.453 e. The van der Waals surface area contributed by atoms with E-state index in [0.29, 0.717) is 29.2 Å². The average Bonchev–Trinajstić information content (AvgIpc) is 3.16. The van der Waals surface area contributed by atoms with Crippen LogP contribution in [0.4, 0.5) is 29.3 Å². The maximum Gasteiger partial charge on any atom is 0.416 e. The van der Waals surface area contributed by atoms with Crippen molar-refractivity contribution in [1.82, 2.24) is 15.5 Å². The topological polar surface area (TPSA) is 89.3 Å². The van der Waals surface area contributed by atoms with Crippen molar-refractivity contribution in [3.8, 4) is 11.5 Å². The zero-order valence-corrected chi connectivity index (χ0v) is 16.2. The Kier molecular flexibility index (Phi) is 6.24. The van der Waals surface area contributed by atoms with E-state index in [-0.39, 0.29) is 11.9 Å². The number of nitrogens with zero attached hydrogens (tertiary/aromatic N) is 2. The predicted molar refractivity (Wildman–Crippen MR) is 103 cm³/mol. The third-order valence-electron chi connectivity index (χ3n) is 4.15. The number of hydrogen-bond donors (Lipinski definition) is 2. The molecular formula is C20H19F3N4O3. The number of para-hydroxylation sites is 1. The first kappa shape index (κ1) is 21.2. The average molecular weight is 420 g/mol. The van der Waals surface area contributed by atoms with Gasteiger partial charge in [0.25, 0.3) is 0 Å². The molecule has 158 valence electrons. The summed E-state index contributed by atoms with van der Waals surface area (Å²) in [5.41, 5.74) is 0.932. The van der Waals surface area contributed by atoms with Gasteiger partial charge in [-0.25, -0.2) is 4.79 Å². The molecule has 2 N–H and O–H groups in total. The number of hydrogen-bond acceptors (Lipinski definition) is 6. The summed E-state index contributed by atoms with van der Waals surface area (Å²) in [4.78, 5) is 11.3. The van der Waals surface area contributed by atoms with Crippen LogP contribution in [0.2, 0.25) is 0 Å². The van der Waals surface area contributed by atoms with Gasteiger partial charge in [0.15, 0.2) is 0 Å². The van der Waals surface area contributed by atoms with E-state index in [4.69, 9.17) is 4.42 Å². The number of carbonyl (C=O) groups is 1. The second-order valence-electron chi connectivity index (χ2n) is 6.49. The highest BCUT2D eigenvalue weighted by molar-refractivity contribution is 5.76. The number of amides is 1. The van der Waals surface area contributed by atoms with Gasteiger partial charge in [-0.05, 0) is 43.3 Å². The maximum atomic E-state index is 12.7. The first-order valence-corrected chi connectivity index (χ1v) is 8.97. The third kappa shape index (κ3) is 5.28. The van der Waals surface area contributed by atoms with Crippen LogP contribution in [0.5, 0.6) is 0 Å². The van der Waals surface area contributed by atoms with Gasteiger partial charge in [0, 0.05) is 18.2 Å². The van der Waals surface area contributed by atoms with E-state index in [0.717, 1.165) is 12.1 Å².